The first-order valence-corrected chi connectivity index (χ1v) is 7.87. The van der Waals surface area contributed by atoms with Crippen LogP contribution in [0.25, 0.3) is 0 Å². The Bertz CT molecular complexity index is 686. The first kappa shape index (κ1) is 18.7. The van der Waals surface area contributed by atoms with Crippen molar-refractivity contribution in [2.75, 3.05) is 31.7 Å². The number of carboxylic acid groups (broad SMARTS) is 1. The molecule has 25 heavy (non-hydrogen) atoms. The summed E-state index contributed by atoms with van der Waals surface area (Å²) in [5, 5.41) is 23.0. The average molecular weight is 351 g/mol. The molecule has 1 fully saturated rings. The number of carboxylic acids is 1. The molecular formula is C16H21N3O6. The summed E-state index contributed by atoms with van der Waals surface area (Å²) in [5.74, 6) is -1.97. The molecule has 1 aliphatic heterocycles. The molecule has 0 aliphatic carbocycles. The summed E-state index contributed by atoms with van der Waals surface area (Å²) < 4.78 is 4.84. The van der Waals surface area contributed by atoms with E-state index in [1.165, 1.54) is 32.2 Å². The number of hydrogen-bond acceptors (Lipinski definition) is 6. The third-order valence-electron chi connectivity index (χ3n) is 4.18. The monoisotopic (exact) mass is 351 g/mol. The van der Waals surface area contributed by atoms with E-state index in [0.717, 1.165) is 25.9 Å². The van der Waals surface area contributed by atoms with Gasteiger partial charge in [0.1, 0.15) is 5.69 Å². The van der Waals surface area contributed by atoms with Gasteiger partial charge in [-0.2, -0.15) is 0 Å². The number of aliphatic carboxylic acids is 1. The fourth-order valence-corrected chi connectivity index (χ4v) is 2.80. The lowest BCUT2D eigenvalue weighted by Crippen LogP contribution is -2.55. The van der Waals surface area contributed by atoms with Gasteiger partial charge in [0.2, 0.25) is 0 Å². The fourth-order valence-electron chi connectivity index (χ4n) is 2.80. The largest absolute Gasteiger partial charge is 0.479 e. The van der Waals surface area contributed by atoms with Crippen molar-refractivity contribution in [3.05, 3.63) is 33.9 Å². The Balaban J connectivity index is 2.29. The second kappa shape index (κ2) is 7.47. The first-order valence-electron chi connectivity index (χ1n) is 7.87. The van der Waals surface area contributed by atoms with Gasteiger partial charge in [0, 0.05) is 31.8 Å². The van der Waals surface area contributed by atoms with Crippen LogP contribution in [0.3, 0.4) is 0 Å². The molecule has 0 aromatic heterocycles. The Morgan fingerprint density at radius 1 is 1.40 bits per heavy atom. The molecule has 1 atom stereocenters. The number of amides is 1. The van der Waals surface area contributed by atoms with Crippen LogP contribution in [0.2, 0.25) is 0 Å². The molecule has 1 aromatic rings. The van der Waals surface area contributed by atoms with Crippen molar-refractivity contribution in [2.24, 2.45) is 0 Å². The van der Waals surface area contributed by atoms with Crippen molar-refractivity contribution < 1.29 is 24.4 Å². The highest BCUT2D eigenvalue weighted by molar-refractivity contribution is 5.99. The van der Waals surface area contributed by atoms with Gasteiger partial charge in [-0.3, -0.25) is 14.9 Å². The Kier molecular flexibility index (Phi) is 5.58. The number of anilines is 1. The van der Waals surface area contributed by atoms with Gasteiger partial charge in [0.25, 0.3) is 11.6 Å². The summed E-state index contributed by atoms with van der Waals surface area (Å²) in [6.07, 6.45) is 1.93. The Morgan fingerprint density at radius 2 is 2.04 bits per heavy atom. The number of nitrogens with one attached hydrogen (secondary N) is 1. The summed E-state index contributed by atoms with van der Waals surface area (Å²) in [7, 11) is 1.32. The predicted molar refractivity (Wildman–Crippen MR) is 89.9 cm³/mol. The molecular weight excluding hydrogens is 330 g/mol. The predicted octanol–water partition coefficient (Wildman–Crippen LogP) is 1.41. The van der Waals surface area contributed by atoms with E-state index in [4.69, 9.17) is 4.74 Å². The van der Waals surface area contributed by atoms with Crippen LogP contribution in [-0.4, -0.2) is 54.3 Å². The summed E-state index contributed by atoms with van der Waals surface area (Å²) in [5.41, 5.74) is -1.30. The maximum atomic E-state index is 12.4. The first-order chi connectivity index (χ1) is 11.8. The highest BCUT2D eigenvalue weighted by atomic mass is 16.6. The second-order valence-corrected chi connectivity index (χ2v) is 6.18. The van der Waals surface area contributed by atoms with Crippen LogP contribution in [0.5, 0.6) is 0 Å². The normalized spacial score (nSPS) is 16.3. The zero-order valence-electron chi connectivity index (χ0n) is 14.2. The van der Waals surface area contributed by atoms with Crippen molar-refractivity contribution in [3.63, 3.8) is 0 Å². The fraction of sp³-hybridized carbons (Fsp3) is 0.500. The molecule has 2 rings (SSSR count). The lowest BCUT2D eigenvalue weighted by molar-refractivity contribution is -0.384. The van der Waals surface area contributed by atoms with E-state index in [0.29, 0.717) is 5.69 Å². The number of carbonyl (C=O) groups is 2. The van der Waals surface area contributed by atoms with E-state index in [-0.39, 0.29) is 17.9 Å². The van der Waals surface area contributed by atoms with Gasteiger partial charge < -0.3 is 20.1 Å². The molecule has 0 spiro atoms. The number of rotatable bonds is 7. The van der Waals surface area contributed by atoms with Crippen molar-refractivity contribution in [3.8, 4) is 0 Å². The van der Waals surface area contributed by atoms with E-state index in [1.54, 1.807) is 0 Å². The molecule has 0 bridgehead atoms. The van der Waals surface area contributed by atoms with Gasteiger partial charge in [0.05, 0.1) is 11.5 Å². The molecule has 1 amide bonds. The van der Waals surface area contributed by atoms with Crippen LogP contribution >= 0.6 is 0 Å². The molecule has 1 heterocycles. The zero-order valence-corrected chi connectivity index (χ0v) is 14.2. The van der Waals surface area contributed by atoms with Gasteiger partial charge in [-0.1, -0.05) is 0 Å². The average Bonchev–Trinajstić information content (AvgIpc) is 3.08. The van der Waals surface area contributed by atoms with E-state index in [2.05, 4.69) is 5.32 Å². The molecule has 9 nitrogen and oxygen atoms in total. The van der Waals surface area contributed by atoms with E-state index in [9.17, 15) is 24.8 Å². The maximum Gasteiger partial charge on any atom is 0.331 e. The van der Waals surface area contributed by atoms with Crippen LogP contribution in [0.4, 0.5) is 11.4 Å². The van der Waals surface area contributed by atoms with Crippen LogP contribution < -0.4 is 10.2 Å². The molecule has 2 N–H and O–H groups in total. The minimum Gasteiger partial charge on any atom is -0.479 e. The molecule has 1 saturated heterocycles. The lowest BCUT2D eigenvalue weighted by atomic mass is 10.0. The minimum atomic E-state index is -1.63. The standard InChI is InChI=1S/C16H21N3O6/c1-16(10-25-2,15(21)22)17-14(20)11-5-6-12(13(9-11)19(23)24)18-7-3-4-8-18/h5-6,9H,3-4,7-8,10H2,1-2H3,(H,17,20)(H,21,22). The van der Waals surface area contributed by atoms with Gasteiger partial charge >= 0.3 is 5.97 Å². The zero-order chi connectivity index (χ0) is 18.6. The SMILES string of the molecule is COCC(C)(NC(=O)c1ccc(N2CCCC2)c([N+](=O)[O-])c1)C(=O)O. The van der Waals surface area contributed by atoms with Gasteiger partial charge in [-0.25, -0.2) is 4.79 Å². The highest BCUT2D eigenvalue weighted by Gasteiger charge is 2.35. The van der Waals surface area contributed by atoms with Gasteiger partial charge in [0.15, 0.2) is 5.54 Å². The smallest absolute Gasteiger partial charge is 0.331 e. The van der Waals surface area contributed by atoms with E-state index in [1.807, 2.05) is 4.90 Å². The highest BCUT2D eigenvalue weighted by Crippen LogP contribution is 2.31. The van der Waals surface area contributed by atoms with Gasteiger partial charge in [-0.05, 0) is 31.9 Å². The molecule has 0 saturated carbocycles. The number of nitrogens with zero attached hydrogens (tertiary/aromatic N) is 2. The Hall–Kier alpha value is -2.68. The molecule has 9 heteroatoms. The van der Waals surface area contributed by atoms with Gasteiger partial charge in [-0.15, -0.1) is 0 Å². The van der Waals surface area contributed by atoms with Crippen molar-refractivity contribution in [1.29, 1.82) is 0 Å². The number of benzene rings is 1. The third-order valence-corrected chi connectivity index (χ3v) is 4.18. The second-order valence-electron chi connectivity index (χ2n) is 6.18. The van der Waals surface area contributed by atoms with Crippen molar-refractivity contribution in [2.45, 2.75) is 25.3 Å². The number of hydrogen-bond donors (Lipinski definition) is 2. The number of nitro benzene ring substituents is 1. The number of ether oxygens (including phenoxy) is 1. The summed E-state index contributed by atoms with van der Waals surface area (Å²) in [4.78, 5) is 36.5. The summed E-state index contributed by atoms with van der Waals surface area (Å²) in [6, 6.07) is 4.18. The molecule has 136 valence electrons. The van der Waals surface area contributed by atoms with Crippen LogP contribution in [-0.2, 0) is 9.53 Å². The Morgan fingerprint density at radius 3 is 2.56 bits per heavy atom. The third kappa shape index (κ3) is 4.05. The van der Waals surface area contributed by atoms with Crippen LogP contribution in [0.15, 0.2) is 18.2 Å². The quantitative estimate of drug-likeness (QED) is 0.562. The Labute approximate surface area is 144 Å². The molecule has 1 aliphatic rings. The molecule has 1 unspecified atom stereocenters. The number of carbonyl (C=O) groups excluding carboxylic acids is 1. The van der Waals surface area contributed by atoms with E-state index < -0.39 is 22.3 Å². The van der Waals surface area contributed by atoms with Crippen LogP contribution in [0.1, 0.15) is 30.1 Å². The maximum absolute atomic E-state index is 12.4. The summed E-state index contributed by atoms with van der Waals surface area (Å²) >= 11 is 0. The minimum absolute atomic E-state index is 0.0261. The number of methoxy groups -OCH3 is 1. The van der Waals surface area contributed by atoms with Crippen molar-refractivity contribution in [1.82, 2.24) is 5.32 Å². The van der Waals surface area contributed by atoms with Crippen molar-refractivity contribution >= 4 is 23.3 Å². The van der Waals surface area contributed by atoms with E-state index >= 15 is 0 Å². The lowest BCUT2D eigenvalue weighted by Gasteiger charge is -2.25. The molecule has 0 radical (unpaired) electrons. The number of nitro groups is 1. The van der Waals surface area contributed by atoms with Crippen LogP contribution in [0, 0.1) is 10.1 Å². The topological polar surface area (TPSA) is 122 Å². The summed E-state index contributed by atoms with van der Waals surface area (Å²) in [6.45, 7) is 2.54. The molecule has 1 aromatic carbocycles.